The fourth-order valence-corrected chi connectivity index (χ4v) is 2.90. The maximum absolute atomic E-state index is 12.3. The summed E-state index contributed by atoms with van der Waals surface area (Å²) >= 11 is 3.44. The Morgan fingerprint density at radius 1 is 1.35 bits per heavy atom. The molecule has 1 aromatic rings. The predicted molar refractivity (Wildman–Crippen MR) is 74.3 cm³/mol. The molecule has 1 aliphatic rings. The number of carbonyl (C=O) groups excluding carboxylic acids is 1. The maximum Gasteiger partial charge on any atom is 0.230 e. The lowest BCUT2D eigenvalue weighted by molar-refractivity contribution is -0.124. The first-order chi connectivity index (χ1) is 8.15. The Hall–Kier alpha value is -0.830. The van der Waals surface area contributed by atoms with Gasteiger partial charge in [-0.15, -0.1) is 0 Å². The molecular formula is C14H18BrNO. The molecular weight excluding hydrogens is 278 g/mol. The molecule has 17 heavy (non-hydrogen) atoms. The minimum absolute atomic E-state index is 0.167. The first kappa shape index (κ1) is 12.6. The van der Waals surface area contributed by atoms with E-state index in [-0.39, 0.29) is 11.3 Å². The highest BCUT2D eigenvalue weighted by molar-refractivity contribution is 9.08. The Kier molecular flexibility index (Phi) is 3.87. The molecule has 1 N–H and O–H groups in total. The molecule has 3 heteroatoms. The number of para-hydroxylation sites is 1. The van der Waals surface area contributed by atoms with Gasteiger partial charge in [-0.3, -0.25) is 4.79 Å². The molecule has 0 aliphatic heterocycles. The van der Waals surface area contributed by atoms with Crippen molar-refractivity contribution in [3.63, 3.8) is 0 Å². The van der Waals surface area contributed by atoms with Gasteiger partial charge in [-0.1, -0.05) is 53.9 Å². The Balaban J connectivity index is 2.12. The number of rotatable bonds is 3. The molecule has 1 amide bonds. The number of alkyl halides is 1. The van der Waals surface area contributed by atoms with Crippen molar-refractivity contribution in [2.75, 3.05) is 5.32 Å². The maximum atomic E-state index is 12.3. The minimum Gasteiger partial charge on any atom is -0.325 e. The Morgan fingerprint density at radius 3 is 2.65 bits per heavy atom. The van der Waals surface area contributed by atoms with Crippen molar-refractivity contribution in [3.05, 3.63) is 29.8 Å². The van der Waals surface area contributed by atoms with E-state index >= 15 is 0 Å². The van der Waals surface area contributed by atoms with E-state index in [2.05, 4.69) is 28.2 Å². The van der Waals surface area contributed by atoms with Crippen molar-refractivity contribution in [1.29, 1.82) is 0 Å². The van der Waals surface area contributed by atoms with Crippen LogP contribution in [0.5, 0.6) is 0 Å². The normalized spacial score (nSPS) is 18.0. The summed E-state index contributed by atoms with van der Waals surface area (Å²) in [5.74, 6) is 0.170. The molecule has 1 aromatic carbocycles. The molecule has 0 radical (unpaired) electrons. The summed E-state index contributed by atoms with van der Waals surface area (Å²) in [5, 5.41) is 3.84. The van der Waals surface area contributed by atoms with Crippen LogP contribution in [0.1, 0.15) is 38.2 Å². The zero-order valence-corrected chi connectivity index (χ0v) is 11.7. The highest BCUT2D eigenvalue weighted by atomic mass is 79.9. The van der Waals surface area contributed by atoms with Crippen molar-refractivity contribution in [2.45, 2.75) is 37.9 Å². The monoisotopic (exact) mass is 295 g/mol. The van der Waals surface area contributed by atoms with Gasteiger partial charge in [0.25, 0.3) is 0 Å². The van der Waals surface area contributed by atoms with Crippen LogP contribution in [0.25, 0.3) is 0 Å². The molecule has 0 bridgehead atoms. The second-order valence-electron chi connectivity index (χ2n) is 5.01. The van der Waals surface area contributed by atoms with Gasteiger partial charge in [0.1, 0.15) is 0 Å². The molecule has 2 nitrogen and oxygen atoms in total. The van der Waals surface area contributed by atoms with E-state index < -0.39 is 0 Å². The molecule has 1 saturated carbocycles. The van der Waals surface area contributed by atoms with Gasteiger partial charge in [0.05, 0.1) is 0 Å². The first-order valence-electron chi connectivity index (χ1n) is 6.11. The fourth-order valence-electron chi connectivity index (χ4n) is 2.41. The summed E-state index contributed by atoms with van der Waals surface area (Å²) in [6, 6.07) is 7.94. The second-order valence-corrected chi connectivity index (χ2v) is 5.57. The summed E-state index contributed by atoms with van der Waals surface area (Å²) in [5.41, 5.74) is 1.89. The zero-order valence-electron chi connectivity index (χ0n) is 10.1. The van der Waals surface area contributed by atoms with Crippen LogP contribution in [-0.2, 0) is 10.1 Å². The van der Waals surface area contributed by atoms with E-state index in [4.69, 9.17) is 0 Å². The third-order valence-electron chi connectivity index (χ3n) is 3.66. The first-order valence-corrected chi connectivity index (χ1v) is 7.23. The molecule has 1 aliphatic carbocycles. The number of benzene rings is 1. The van der Waals surface area contributed by atoms with E-state index in [1.165, 1.54) is 12.8 Å². The smallest absolute Gasteiger partial charge is 0.230 e. The van der Waals surface area contributed by atoms with E-state index in [0.717, 1.165) is 29.4 Å². The van der Waals surface area contributed by atoms with Crippen LogP contribution in [-0.4, -0.2) is 5.91 Å². The van der Waals surface area contributed by atoms with Gasteiger partial charge >= 0.3 is 0 Å². The van der Waals surface area contributed by atoms with Gasteiger partial charge in [0.2, 0.25) is 5.91 Å². The van der Waals surface area contributed by atoms with Gasteiger partial charge in [-0.25, -0.2) is 0 Å². The van der Waals surface area contributed by atoms with Gasteiger partial charge in [-0.2, -0.15) is 0 Å². The number of hydrogen-bond acceptors (Lipinski definition) is 1. The van der Waals surface area contributed by atoms with Crippen LogP contribution in [0.15, 0.2) is 24.3 Å². The zero-order chi connectivity index (χ0) is 12.3. The summed E-state index contributed by atoms with van der Waals surface area (Å²) in [4.78, 5) is 12.3. The molecule has 0 saturated heterocycles. The predicted octanol–water partition coefficient (Wildman–Crippen LogP) is 4.10. The number of hydrogen-bond donors (Lipinski definition) is 1. The van der Waals surface area contributed by atoms with Crippen molar-refractivity contribution >= 4 is 27.5 Å². The third kappa shape index (κ3) is 2.71. The summed E-state index contributed by atoms with van der Waals surface area (Å²) in [7, 11) is 0. The van der Waals surface area contributed by atoms with Gasteiger partial charge in [-0.05, 0) is 24.5 Å². The highest BCUT2D eigenvalue weighted by Crippen LogP contribution is 2.38. The van der Waals surface area contributed by atoms with E-state index in [9.17, 15) is 4.79 Å². The molecule has 92 valence electrons. The number of anilines is 1. The lowest BCUT2D eigenvalue weighted by Crippen LogP contribution is -2.31. The standard InChI is InChI=1S/C14H18BrNO/c1-14(8-4-5-9-14)13(17)16-12-7-3-2-6-11(12)10-15/h2-3,6-7H,4-5,8-10H2,1H3,(H,16,17). The SMILES string of the molecule is CC1(C(=O)Nc2ccccc2CBr)CCCC1. The second kappa shape index (κ2) is 5.21. The number of halogens is 1. The fraction of sp³-hybridized carbons (Fsp3) is 0.500. The highest BCUT2D eigenvalue weighted by Gasteiger charge is 2.36. The van der Waals surface area contributed by atoms with E-state index in [1.807, 2.05) is 24.3 Å². The van der Waals surface area contributed by atoms with Crippen LogP contribution >= 0.6 is 15.9 Å². The van der Waals surface area contributed by atoms with E-state index in [1.54, 1.807) is 0 Å². The summed E-state index contributed by atoms with van der Waals surface area (Å²) in [6.45, 7) is 2.08. The lowest BCUT2D eigenvalue weighted by atomic mass is 9.87. The van der Waals surface area contributed by atoms with Crippen LogP contribution in [0.3, 0.4) is 0 Å². The van der Waals surface area contributed by atoms with Crippen LogP contribution < -0.4 is 5.32 Å². The molecule has 0 aromatic heterocycles. The van der Waals surface area contributed by atoms with Crippen molar-refractivity contribution in [2.24, 2.45) is 5.41 Å². The largest absolute Gasteiger partial charge is 0.325 e. The summed E-state index contributed by atoms with van der Waals surface area (Å²) < 4.78 is 0. The molecule has 0 heterocycles. The van der Waals surface area contributed by atoms with Crippen LogP contribution in [0.4, 0.5) is 5.69 Å². The van der Waals surface area contributed by atoms with Crippen molar-refractivity contribution < 1.29 is 4.79 Å². The van der Waals surface area contributed by atoms with Crippen molar-refractivity contribution in [3.8, 4) is 0 Å². The Labute approximate surface area is 111 Å². The number of nitrogens with one attached hydrogen (secondary N) is 1. The molecule has 0 unspecified atom stereocenters. The third-order valence-corrected chi connectivity index (χ3v) is 4.27. The van der Waals surface area contributed by atoms with Gasteiger partial charge in [0, 0.05) is 16.4 Å². The average Bonchev–Trinajstić information content (AvgIpc) is 2.78. The number of amides is 1. The van der Waals surface area contributed by atoms with Gasteiger partial charge in [0.15, 0.2) is 0 Å². The van der Waals surface area contributed by atoms with Crippen molar-refractivity contribution in [1.82, 2.24) is 0 Å². The molecule has 1 fully saturated rings. The van der Waals surface area contributed by atoms with Gasteiger partial charge < -0.3 is 5.32 Å². The molecule has 2 rings (SSSR count). The molecule has 0 spiro atoms. The minimum atomic E-state index is -0.167. The molecule has 0 atom stereocenters. The lowest BCUT2D eigenvalue weighted by Gasteiger charge is -2.23. The van der Waals surface area contributed by atoms with Crippen LogP contribution in [0.2, 0.25) is 0 Å². The Bertz CT molecular complexity index is 410. The summed E-state index contributed by atoms with van der Waals surface area (Å²) in [6.07, 6.45) is 4.36. The van der Waals surface area contributed by atoms with Crippen LogP contribution in [0, 0.1) is 5.41 Å². The number of carbonyl (C=O) groups is 1. The quantitative estimate of drug-likeness (QED) is 0.836. The van der Waals surface area contributed by atoms with E-state index in [0.29, 0.717) is 0 Å². The topological polar surface area (TPSA) is 29.1 Å². The average molecular weight is 296 g/mol. The Morgan fingerprint density at radius 2 is 2.00 bits per heavy atom.